The molecular weight excluding hydrogens is 307 g/mol. The van der Waals surface area contributed by atoms with Crippen LogP contribution in [0.25, 0.3) is 0 Å². The van der Waals surface area contributed by atoms with Crippen molar-refractivity contribution in [1.82, 2.24) is 0 Å². The Morgan fingerprint density at radius 1 is 1.29 bits per heavy atom. The lowest BCUT2D eigenvalue weighted by Gasteiger charge is -2.31. The van der Waals surface area contributed by atoms with E-state index < -0.39 is 0 Å². The molecule has 3 nitrogen and oxygen atoms in total. The summed E-state index contributed by atoms with van der Waals surface area (Å²) < 4.78 is 0. The van der Waals surface area contributed by atoms with Gasteiger partial charge in [0.25, 0.3) is 0 Å². The Labute approximate surface area is 136 Å². The Morgan fingerprint density at radius 2 is 2.05 bits per heavy atom. The maximum atomic E-state index is 12.9. The fourth-order valence-corrected chi connectivity index (χ4v) is 4.77. The molecule has 3 aliphatic rings. The van der Waals surface area contributed by atoms with Crippen LogP contribution < -0.4 is 10.6 Å². The van der Waals surface area contributed by atoms with Crippen LogP contribution in [-0.2, 0) is 11.2 Å². The van der Waals surface area contributed by atoms with Gasteiger partial charge in [-0.2, -0.15) is 0 Å². The predicted molar refractivity (Wildman–Crippen MR) is 87.1 cm³/mol. The molecule has 2 aliphatic carbocycles. The average molecular weight is 327 g/mol. The quantitative estimate of drug-likeness (QED) is 0.862. The van der Waals surface area contributed by atoms with Crippen LogP contribution in [0.1, 0.15) is 24.8 Å². The number of carbonyl (C=O) groups is 1. The summed E-state index contributed by atoms with van der Waals surface area (Å²) in [7, 11) is 0. The molecule has 2 saturated carbocycles. The topological polar surface area (TPSA) is 46.3 Å². The Morgan fingerprint density at radius 3 is 2.76 bits per heavy atom. The molecular formula is C16H20Cl2N2O. The van der Waals surface area contributed by atoms with Crippen molar-refractivity contribution in [2.24, 2.45) is 23.5 Å². The second kappa shape index (κ2) is 5.45. The number of hydrogen-bond donors (Lipinski definition) is 1. The van der Waals surface area contributed by atoms with Gasteiger partial charge in [0.1, 0.15) is 0 Å². The monoisotopic (exact) mass is 326 g/mol. The van der Waals surface area contributed by atoms with Crippen LogP contribution >= 0.6 is 24.0 Å². The number of nitrogens with two attached hydrogens (primary N) is 1. The summed E-state index contributed by atoms with van der Waals surface area (Å²) in [6.45, 7) is 0.749. The van der Waals surface area contributed by atoms with Crippen LogP contribution in [0.3, 0.4) is 0 Å². The molecule has 0 aromatic heterocycles. The molecule has 1 aromatic carbocycles. The Bertz CT molecular complexity index is 575. The molecule has 1 aromatic rings. The van der Waals surface area contributed by atoms with E-state index in [4.69, 9.17) is 17.3 Å². The van der Waals surface area contributed by atoms with E-state index in [-0.39, 0.29) is 30.3 Å². The molecule has 5 heteroatoms. The second-order valence-electron chi connectivity index (χ2n) is 6.41. The van der Waals surface area contributed by atoms with Crippen LogP contribution in [0.5, 0.6) is 0 Å². The van der Waals surface area contributed by atoms with E-state index in [2.05, 4.69) is 0 Å². The maximum Gasteiger partial charge on any atom is 0.231 e. The highest BCUT2D eigenvalue weighted by molar-refractivity contribution is 6.32. The number of hydrogen-bond acceptors (Lipinski definition) is 2. The minimum absolute atomic E-state index is 0. The van der Waals surface area contributed by atoms with Crippen molar-refractivity contribution in [1.29, 1.82) is 0 Å². The molecule has 21 heavy (non-hydrogen) atoms. The first-order valence-corrected chi connectivity index (χ1v) is 7.89. The summed E-state index contributed by atoms with van der Waals surface area (Å²) in [5.74, 6) is 1.32. The molecule has 4 unspecified atom stereocenters. The smallest absolute Gasteiger partial charge is 0.231 e. The van der Waals surface area contributed by atoms with Gasteiger partial charge in [-0.15, -0.1) is 12.4 Å². The molecule has 0 radical (unpaired) electrons. The number of benzene rings is 1. The van der Waals surface area contributed by atoms with Crippen LogP contribution in [0.2, 0.25) is 5.02 Å². The molecule has 0 spiro atoms. The minimum atomic E-state index is 0. The van der Waals surface area contributed by atoms with E-state index in [9.17, 15) is 4.79 Å². The summed E-state index contributed by atoms with van der Waals surface area (Å²) in [4.78, 5) is 14.8. The number of amides is 1. The zero-order valence-electron chi connectivity index (χ0n) is 11.8. The van der Waals surface area contributed by atoms with Crippen molar-refractivity contribution in [2.45, 2.75) is 31.7 Å². The fraction of sp³-hybridized carbons (Fsp3) is 0.562. The van der Waals surface area contributed by atoms with E-state index in [1.54, 1.807) is 0 Å². The first-order valence-electron chi connectivity index (χ1n) is 7.51. The lowest BCUT2D eigenvalue weighted by molar-refractivity contribution is -0.124. The second-order valence-corrected chi connectivity index (χ2v) is 6.82. The average Bonchev–Trinajstić information content (AvgIpc) is 3.11. The summed E-state index contributed by atoms with van der Waals surface area (Å²) >= 11 is 6.23. The third-order valence-electron chi connectivity index (χ3n) is 5.50. The lowest BCUT2D eigenvalue weighted by Crippen LogP contribution is -2.46. The van der Waals surface area contributed by atoms with Gasteiger partial charge in [-0.05, 0) is 55.2 Å². The van der Waals surface area contributed by atoms with Crippen LogP contribution in [0.15, 0.2) is 18.2 Å². The normalized spacial score (nSPS) is 33.0. The van der Waals surface area contributed by atoms with Gasteiger partial charge in [0, 0.05) is 23.3 Å². The SMILES string of the molecule is Cl.NC1C2CCC(C2)C1C(=O)N1CCc2c(Cl)cccc21. The zero-order valence-corrected chi connectivity index (χ0v) is 13.4. The van der Waals surface area contributed by atoms with E-state index in [0.29, 0.717) is 11.8 Å². The van der Waals surface area contributed by atoms with Crippen molar-refractivity contribution in [3.63, 3.8) is 0 Å². The highest BCUT2D eigenvalue weighted by Crippen LogP contribution is 2.49. The summed E-state index contributed by atoms with van der Waals surface area (Å²) in [5.41, 5.74) is 8.42. The van der Waals surface area contributed by atoms with Gasteiger partial charge < -0.3 is 10.6 Å². The Kier molecular flexibility index (Phi) is 3.93. The third kappa shape index (κ3) is 2.18. The van der Waals surface area contributed by atoms with Gasteiger partial charge in [-0.3, -0.25) is 4.79 Å². The number of carbonyl (C=O) groups excluding carboxylic acids is 1. The molecule has 1 aliphatic heterocycles. The molecule has 2 bridgehead atoms. The molecule has 2 fully saturated rings. The standard InChI is InChI=1S/C16H19ClN2O.ClH/c17-12-2-1-3-13-11(12)6-7-19(13)16(20)14-9-4-5-10(8-9)15(14)18;/h1-3,9-10,14-15H,4-8,18H2;1H. The summed E-state index contributed by atoms with van der Waals surface area (Å²) in [6, 6.07) is 5.89. The van der Waals surface area contributed by atoms with Crippen LogP contribution in [0.4, 0.5) is 5.69 Å². The van der Waals surface area contributed by atoms with Gasteiger partial charge in [0.15, 0.2) is 0 Å². The van der Waals surface area contributed by atoms with E-state index in [1.165, 1.54) is 12.8 Å². The van der Waals surface area contributed by atoms with Crippen molar-refractivity contribution in [3.05, 3.63) is 28.8 Å². The number of rotatable bonds is 1. The molecule has 1 amide bonds. The van der Waals surface area contributed by atoms with Gasteiger partial charge >= 0.3 is 0 Å². The molecule has 1 heterocycles. The van der Waals surface area contributed by atoms with Crippen LogP contribution in [0, 0.1) is 17.8 Å². The highest BCUT2D eigenvalue weighted by Gasteiger charge is 2.50. The van der Waals surface area contributed by atoms with Crippen molar-refractivity contribution in [3.8, 4) is 0 Å². The number of fused-ring (bicyclic) bond motifs is 3. The van der Waals surface area contributed by atoms with E-state index in [1.807, 2.05) is 23.1 Å². The van der Waals surface area contributed by atoms with Gasteiger partial charge in [0.2, 0.25) is 5.91 Å². The number of nitrogens with zero attached hydrogens (tertiary/aromatic N) is 1. The van der Waals surface area contributed by atoms with Gasteiger partial charge in [-0.25, -0.2) is 0 Å². The maximum absolute atomic E-state index is 12.9. The van der Waals surface area contributed by atoms with Crippen LogP contribution in [-0.4, -0.2) is 18.5 Å². The fourth-order valence-electron chi connectivity index (χ4n) is 4.50. The molecule has 4 atom stereocenters. The predicted octanol–water partition coefficient (Wildman–Crippen LogP) is 3.02. The third-order valence-corrected chi connectivity index (χ3v) is 5.86. The first kappa shape index (κ1) is 15.1. The summed E-state index contributed by atoms with van der Waals surface area (Å²) in [6.07, 6.45) is 4.38. The van der Waals surface area contributed by atoms with E-state index in [0.717, 1.165) is 35.7 Å². The largest absolute Gasteiger partial charge is 0.327 e. The number of halogens is 2. The summed E-state index contributed by atoms with van der Waals surface area (Å²) in [5, 5.41) is 0.773. The van der Waals surface area contributed by atoms with Crippen molar-refractivity contribution >= 4 is 35.6 Å². The minimum Gasteiger partial charge on any atom is -0.327 e. The Balaban J connectivity index is 0.00000132. The Hall–Kier alpha value is -0.770. The first-order chi connectivity index (χ1) is 9.66. The zero-order chi connectivity index (χ0) is 13.9. The van der Waals surface area contributed by atoms with Gasteiger partial charge in [0.05, 0.1) is 5.92 Å². The number of anilines is 1. The molecule has 2 N–H and O–H groups in total. The lowest BCUT2D eigenvalue weighted by atomic mass is 9.84. The molecule has 114 valence electrons. The molecule has 0 saturated heterocycles. The van der Waals surface area contributed by atoms with Gasteiger partial charge in [-0.1, -0.05) is 17.7 Å². The highest BCUT2D eigenvalue weighted by atomic mass is 35.5. The van der Waals surface area contributed by atoms with Crippen molar-refractivity contribution < 1.29 is 4.79 Å². The van der Waals surface area contributed by atoms with Crippen molar-refractivity contribution in [2.75, 3.05) is 11.4 Å². The van der Waals surface area contributed by atoms with E-state index >= 15 is 0 Å². The molecule has 4 rings (SSSR count).